The number of carbonyl (C=O) groups excluding carboxylic acids is 1. The highest BCUT2D eigenvalue weighted by atomic mass is 32.2. The predicted molar refractivity (Wildman–Crippen MR) is 101 cm³/mol. The van der Waals surface area contributed by atoms with Gasteiger partial charge in [0.2, 0.25) is 0 Å². The van der Waals surface area contributed by atoms with E-state index in [4.69, 9.17) is 0 Å². The van der Waals surface area contributed by atoms with Crippen molar-refractivity contribution >= 4 is 33.2 Å². The fourth-order valence-corrected chi connectivity index (χ4v) is 3.70. The minimum absolute atomic E-state index is 0.118. The van der Waals surface area contributed by atoms with Crippen LogP contribution in [0.4, 0.5) is 5.69 Å². The van der Waals surface area contributed by atoms with E-state index in [1.807, 2.05) is 29.9 Å². The molecule has 3 aromatic rings. The molecule has 0 aliphatic carbocycles. The summed E-state index contributed by atoms with van der Waals surface area (Å²) >= 11 is 1.52. The highest BCUT2D eigenvalue weighted by molar-refractivity contribution is 7.99. The van der Waals surface area contributed by atoms with Crippen molar-refractivity contribution in [3.8, 4) is 0 Å². The quantitative estimate of drug-likeness (QED) is 0.727. The number of benzene rings is 2. The Hall–Kier alpha value is -2.58. The van der Waals surface area contributed by atoms with E-state index >= 15 is 0 Å². The third-order valence-electron chi connectivity index (χ3n) is 3.62. The van der Waals surface area contributed by atoms with Crippen molar-refractivity contribution < 1.29 is 13.2 Å². The van der Waals surface area contributed by atoms with Crippen LogP contribution >= 0.6 is 11.8 Å². The molecular formula is C18H17N3O3S2. The molecule has 0 radical (unpaired) electrons. The second-order valence-electron chi connectivity index (χ2n) is 5.70. The molecule has 1 amide bonds. The van der Waals surface area contributed by atoms with Crippen molar-refractivity contribution in [3.63, 3.8) is 0 Å². The molecule has 26 heavy (non-hydrogen) atoms. The van der Waals surface area contributed by atoms with Crippen LogP contribution in [0.1, 0.15) is 10.4 Å². The molecule has 2 aromatic carbocycles. The Morgan fingerprint density at radius 1 is 1.15 bits per heavy atom. The summed E-state index contributed by atoms with van der Waals surface area (Å²) in [6.45, 7) is 0. The summed E-state index contributed by atoms with van der Waals surface area (Å²) in [7, 11) is -1.43. The van der Waals surface area contributed by atoms with E-state index in [0.29, 0.717) is 11.3 Å². The van der Waals surface area contributed by atoms with Crippen LogP contribution in [0.5, 0.6) is 0 Å². The molecule has 0 fully saturated rings. The fourth-order valence-electron chi connectivity index (χ4n) is 2.23. The fraction of sp³-hybridized carbons (Fsp3) is 0.111. The van der Waals surface area contributed by atoms with Crippen LogP contribution < -0.4 is 5.32 Å². The first-order valence-electron chi connectivity index (χ1n) is 7.69. The molecule has 3 rings (SSSR count). The van der Waals surface area contributed by atoms with Crippen LogP contribution in [-0.2, 0) is 16.9 Å². The standard InChI is InChI=1S/C18H17N3O3S2/c1-21-11-10-19-18(21)25-15-8-6-14(7-9-15)20-17(22)13-4-3-5-16(12-13)26(2,23)24/h3-12H,1-2H3,(H,20,22). The number of nitrogens with zero attached hydrogens (tertiary/aromatic N) is 2. The lowest BCUT2D eigenvalue weighted by Gasteiger charge is -2.08. The molecule has 1 heterocycles. The molecule has 0 spiro atoms. The summed E-state index contributed by atoms with van der Waals surface area (Å²) in [5.41, 5.74) is 0.920. The first-order chi connectivity index (χ1) is 12.3. The van der Waals surface area contributed by atoms with Gasteiger partial charge in [-0.15, -0.1) is 0 Å². The van der Waals surface area contributed by atoms with Gasteiger partial charge in [-0.05, 0) is 42.5 Å². The number of nitrogens with one attached hydrogen (secondary N) is 1. The summed E-state index contributed by atoms with van der Waals surface area (Å²) in [4.78, 5) is 17.7. The van der Waals surface area contributed by atoms with Crippen molar-refractivity contribution in [2.24, 2.45) is 7.05 Å². The molecule has 0 bridgehead atoms. The van der Waals surface area contributed by atoms with Gasteiger partial charge in [-0.25, -0.2) is 13.4 Å². The third-order valence-corrected chi connectivity index (χ3v) is 5.82. The largest absolute Gasteiger partial charge is 0.329 e. The Balaban J connectivity index is 1.71. The lowest BCUT2D eigenvalue weighted by Crippen LogP contribution is -2.12. The van der Waals surface area contributed by atoms with Gasteiger partial charge in [0.1, 0.15) is 0 Å². The molecule has 134 valence electrons. The number of anilines is 1. The van der Waals surface area contributed by atoms with Crippen LogP contribution in [-0.4, -0.2) is 30.1 Å². The van der Waals surface area contributed by atoms with Gasteiger partial charge >= 0.3 is 0 Å². The average molecular weight is 387 g/mol. The second-order valence-corrected chi connectivity index (χ2v) is 8.76. The lowest BCUT2D eigenvalue weighted by molar-refractivity contribution is 0.102. The van der Waals surface area contributed by atoms with E-state index in [1.165, 1.54) is 23.9 Å². The Morgan fingerprint density at radius 3 is 2.50 bits per heavy atom. The minimum atomic E-state index is -3.36. The molecule has 0 saturated heterocycles. The van der Waals surface area contributed by atoms with E-state index < -0.39 is 9.84 Å². The van der Waals surface area contributed by atoms with Gasteiger partial charge in [0, 0.05) is 41.8 Å². The molecule has 0 aliphatic rings. The zero-order valence-electron chi connectivity index (χ0n) is 14.2. The van der Waals surface area contributed by atoms with E-state index in [0.717, 1.165) is 16.3 Å². The zero-order valence-corrected chi connectivity index (χ0v) is 15.8. The molecule has 0 saturated carbocycles. The minimum Gasteiger partial charge on any atom is -0.329 e. The molecule has 1 aromatic heterocycles. The van der Waals surface area contributed by atoms with Gasteiger partial charge in [0.15, 0.2) is 15.0 Å². The number of aromatic nitrogens is 2. The highest BCUT2D eigenvalue weighted by Gasteiger charge is 2.12. The number of hydrogen-bond donors (Lipinski definition) is 1. The van der Waals surface area contributed by atoms with Crippen molar-refractivity contribution in [1.29, 1.82) is 0 Å². The van der Waals surface area contributed by atoms with Crippen LogP contribution in [0.2, 0.25) is 0 Å². The van der Waals surface area contributed by atoms with Gasteiger partial charge in [0.25, 0.3) is 5.91 Å². The topological polar surface area (TPSA) is 81.1 Å². The lowest BCUT2D eigenvalue weighted by atomic mass is 10.2. The number of amides is 1. The van der Waals surface area contributed by atoms with Crippen LogP contribution in [0.25, 0.3) is 0 Å². The molecule has 0 unspecified atom stereocenters. The van der Waals surface area contributed by atoms with E-state index in [9.17, 15) is 13.2 Å². The Morgan fingerprint density at radius 2 is 1.88 bits per heavy atom. The number of hydrogen-bond acceptors (Lipinski definition) is 5. The summed E-state index contributed by atoms with van der Waals surface area (Å²) in [5.74, 6) is -0.361. The zero-order chi connectivity index (χ0) is 18.7. The molecular weight excluding hydrogens is 370 g/mol. The second kappa shape index (κ2) is 7.35. The van der Waals surface area contributed by atoms with Crippen molar-refractivity contribution in [3.05, 3.63) is 66.5 Å². The van der Waals surface area contributed by atoms with Crippen molar-refractivity contribution in [1.82, 2.24) is 9.55 Å². The first kappa shape index (κ1) is 18.2. The summed E-state index contributed by atoms with van der Waals surface area (Å²) in [6.07, 6.45) is 4.73. The Bertz CT molecular complexity index is 1040. The van der Waals surface area contributed by atoms with Gasteiger partial charge in [0.05, 0.1) is 4.90 Å². The Labute approximate surface area is 156 Å². The maximum absolute atomic E-state index is 12.4. The van der Waals surface area contributed by atoms with Crippen molar-refractivity contribution in [2.45, 2.75) is 14.9 Å². The van der Waals surface area contributed by atoms with E-state index in [1.54, 1.807) is 30.5 Å². The first-order valence-corrected chi connectivity index (χ1v) is 10.4. The number of carbonyl (C=O) groups is 1. The molecule has 0 aliphatic heterocycles. The van der Waals surface area contributed by atoms with Gasteiger partial charge in [-0.3, -0.25) is 4.79 Å². The van der Waals surface area contributed by atoms with Crippen LogP contribution in [0.3, 0.4) is 0 Å². The van der Waals surface area contributed by atoms with Gasteiger partial charge < -0.3 is 9.88 Å². The number of sulfone groups is 1. The SMILES string of the molecule is Cn1ccnc1Sc1ccc(NC(=O)c2cccc(S(C)(=O)=O)c2)cc1. The molecule has 6 nitrogen and oxygen atoms in total. The number of rotatable bonds is 5. The molecule has 8 heteroatoms. The maximum atomic E-state index is 12.4. The molecule has 1 N–H and O–H groups in total. The van der Waals surface area contributed by atoms with Gasteiger partial charge in [-0.1, -0.05) is 17.8 Å². The van der Waals surface area contributed by atoms with Gasteiger partial charge in [-0.2, -0.15) is 0 Å². The maximum Gasteiger partial charge on any atom is 0.255 e. The monoisotopic (exact) mass is 387 g/mol. The van der Waals surface area contributed by atoms with E-state index in [2.05, 4.69) is 10.3 Å². The smallest absolute Gasteiger partial charge is 0.255 e. The predicted octanol–water partition coefficient (Wildman–Crippen LogP) is 3.23. The average Bonchev–Trinajstić information content (AvgIpc) is 3.01. The number of imidazole rings is 1. The summed E-state index contributed by atoms with van der Waals surface area (Å²) in [6, 6.07) is 13.3. The normalized spacial score (nSPS) is 11.3. The van der Waals surface area contributed by atoms with Crippen LogP contribution in [0.15, 0.2) is 75.9 Å². The third kappa shape index (κ3) is 4.33. The summed E-state index contributed by atoms with van der Waals surface area (Å²) < 4.78 is 25.2. The number of aryl methyl sites for hydroxylation is 1. The summed E-state index contributed by atoms with van der Waals surface area (Å²) in [5, 5.41) is 3.64. The van der Waals surface area contributed by atoms with Crippen molar-refractivity contribution in [2.75, 3.05) is 11.6 Å². The van der Waals surface area contributed by atoms with E-state index in [-0.39, 0.29) is 10.8 Å². The molecule has 0 atom stereocenters. The highest BCUT2D eigenvalue weighted by Crippen LogP contribution is 2.27. The Kier molecular flexibility index (Phi) is 5.15. The van der Waals surface area contributed by atoms with Crippen LogP contribution in [0, 0.1) is 0 Å².